The lowest BCUT2D eigenvalue weighted by Gasteiger charge is -2.11. The van der Waals surface area contributed by atoms with Crippen molar-refractivity contribution in [3.8, 4) is 0 Å². The van der Waals surface area contributed by atoms with Crippen molar-refractivity contribution in [1.29, 1.82) is 0 Å². The van der Waals surface area contributed by atoms with Crippen LogP contribution >= 0.6 is 0 Å². The second-order valence-electron chi connectivity index (χ2n) is 1.80. The second-order valence-corrected chi connectivity index (χ2v) is 1.80. The quantitative estimate of drug-likeness (QED) is 0.497. The highest BCUT2D eigenvalue weighted by Gasteiger charge is 2.15. The summed E-state index contributed by atoms with van der Waals surface area (Å²) in [6, 6.07) is -0.617. The number of rotatable bonds is 1. The number of primary amides is 1. The van der Waals surface area contributed by atoms with Crippen LogP contribution in [0.4, 0.5) is 4.79 Å². The van der Waals surface area contributed by atoms with E-state index in [-0.39, 0.29) is 5.78 Å². The van der Waals surface area contributed by atoms with E-state index >= 15 is 0 Å². The van der Waals surface area contributed by atoms with E-state index in [0.717, 1.165) is 0 Å². The molecule has 4 nitrogen and oxygen atoms in total. The monoisotopic (exact) mass is 126 g/mol. The zero-order valence-electron chi connectivity index (χ0n) is 4.68. The van der Waals surface area contributed by atoms with Crippen molar-refractivity contribution in [1.82, 2.24) is 5.32 Å². The fraction of sp³-hybridized carbons (Fsp3) is 0.200. The third-order valence-corrected chi connectivity index (χ3v) is 0.984. The molecule has 0 unspecified atom stereocenters. The molecule has 9 heavy (non-hydrogen) atoms. The average molecular weight is 126 g/mol. The minimum Gasteiger partial charge on any atom is -0.351 e. The van der Waals surface area contributed by atoms with Crippen LogP contribution in [0.25, 0.3) is 0 Å². The number of carbonyl (C=O) groups is 2. The fourth-order valence-corrected chi connectivity index (χ4v) is 0.592. The van der Waals surface area contributed by atoms with Gasteiger partial charge in [-0.3, -0.25) is 4.79 Å². The summed E-state index contributed by atoms with van der Waals surface area (Å²) < 4.78 is 0. The summed E-state index contributed by atoms with van der Waals surface area (Å²) in [5, 5.41) is 2.29. The molecule has 0 fully saturated rings. The number of nitrogens with two attached hydrogens (primary N) is 1. The Morgan fingerprint density at radius 3 is 2.67 bits per heavy atom. The number of carbonyl (C=O) groups excluding carboxylic acids is 2. The average Bonchev–Trinajstić information content (AvgIpc) is 1.60. The van der Waals surface area contributed by atoms with Crippen LogP contribution in [0.15, 0.2) is 11.8 Å². The summed E-state index contributed by atoms with van der Waals surface area (Å²) >= 11 is 0. The first-order valence-corrected chi connectivity index (χ1v) is 2.48. The molecule has 0 radical (unpaired) electrons. The van der Waals surface area contributed by atoms with Crippen LogP contribution in [0, 0.1) is 0 Å². The lowest BCUT2D eigenvalue weighted by atomic mass is 10.1. The molecule has 4 heteroatoms. The van der Waals surface area contributed by atoms with E-state index in [2.05, 4.69) is 5.32 Å². The molecule has 0 saturated heterocycles. The summed E-state index contributed by atoms with van der Waals surface area (Å²) in [6.07, 6.45) is 1.66. The first-order valence-electron chi connectivity index (χ1n) is 2.48. The Balaban J connectivity index is 2.41. The molecule has 1 aliphatic rings. The second kappa shape index (κ2) is 1.89. The maximum atomic E-state index is 10.2. The Bertz CT molecular complexity index is 195. The van der Waals surface area contributed by atoms with Crippen molar-refractivity contribution < 1.29 is 9.59 Å². The maximum absolute atomic E-state index is 10.2. The molecule has 0 saturated carbocycles. The molecule has 0 bridgehead atoms. The first-order chi connectivity index (χ1) is 4.18. The summed E-state index contributed by atoms with van der Waals surface area (Å²) in [4.78, 5) is 20.3. The van der Waals surface area contributed by atoms with Gasteiger partial charge in [0.15, 0.2) is 5.78 Å². The molecule has 0 aromatic heterocycles. The Morgan fingerprint density at radius 2 is 2.33 bits per heavy atom. The number of nitrogens with one attached hydrogen (secondary N) is 1. The van der Waals surface area contributed by atoms with Gasteiger partial charge in [-0.1, -0.05) is 0 Å². The van der Waals surface area contributed by atoms with Gasteiger partial charge < -0.3 is 11.1 Å². The number of hydrogen-bond donors (Lipinski definition) is 2. The van der Waals surface area contributed by atoms with E-state index in [4.69, 9.17) is 5.73 Å². The van der Waals surface area contributed by atoms with Gasteiger partial charge in [0, 0.05) is 11.8 Å². The summed E-state index contributed by atoms with van der Waals surface area (Å²) in [5.41, 5.74) is 5.35. The molecule has 3 N–H and O–H groups in total. The van der Waals surface area contributed by atoms with Crippen molar-refractivity contribution in [2.75, 3.05) is 0 Å². The van der Waals surface area contributed by atoms with E-state index in [1.807, 2.05) is 0 Å². The van der Waals surface area contributed by atoms with Crippen LogP contribution in [0.2, 0.25) is 0 Å². The highest BCUT2D eigenvalue weighted by molar-refractivity contribution is 5.99. The maximum Gasteiger partial charge on any atom is 0.316 e. The smallest absolute Gasteiger partial charge is 0.316 e. The predicted molar refractivity (Wildman–Crippen MR) is 30.4 cm³/mol. The van der Waals surface area contributed by atoms with Crippen LogP contribution in [0.5, 0.6) is 0 Å². The van der Waals surface area contributed by atoms with Crippen molar-refractivity contribution in [3.63, 3.8) is 0 Å². The summed E-state index contributed by atoms with van der Waals surface area (Å²) in [6.45, 7) is 0. The molecule has 0 aromatic rings. The summed E-state index contributed by atoms with van der Waals surface area (Å²) in [5.74, 6) is 0.0266. The Kier molecular flexibility index (Phi) is 1.22. The van der Waals surface area contributed by atoms with Crippen LogP contribution in [0.3, 0.4) is 0 Å². The van der Waals surface area contributed by atoms with Gasteiger partial charge in [-0.25, -0.2) is 4.79 Å². The van der Waals surface area contributed by atoms with Gasteiger partial charge in [0.25, 0.3) is 0 Å². The van der Waals surface area contributed by atoms with Gasteiger partial charge in [0.1, 0.15) is 0 Å². The van der Waals surface area contributed by atoms with Crippen molar-refractivity contribution >= 4 is 11.8 Å². The fourth-order valence-electron chi connectivity index (χ4n) is 0.592. The number of hydrogen-bond acceptors (Lipinski definition) is 2. The Morgan fingerprint density at radius 1 is 1.78 bits per heavy atom. The number of allylic oxidation sites excluding steroid dienone is 2. The molecule has 0 atom stereocenters. The van der Waals surface area contributed by atoms with Crippen molar-refractivity contribution in [3.05, 3.63) is 11.8 Å². The lowest BCUT2D eigenvalue weighted by molar-refractivity contribution is -0.115. The molecule has 2 amide bonds. The minimum absolute atomic E-state index is 0.0266. The number of ketones is 1. The molecule has 0 heterocycles. The third kappa shape index (κ3) is 1.28. The predicted octanol–water partition coefficient (Wildman–Crippen LogP) is -0.489. The minimum atomic E-state index is -0.617. The van der Waals surface area contributed by atoms with Crippen LogP contribution in [-0.2, 0) is 4.79 Å². The number of amides is 2. The van der Waals surface area contributed by atoms with Gasteiger partial charge in [-0.15, -0.1) is 0 Å². The Labute approximate surface area is 51.7 Å². The highest BCUT2D eigenvalue weighted by Crippen LogP contribution is 2.09. The highest BCUT2D eigenvalue weighted by atomic mass is 16.2. The molecule has 1 aliphatic carbocycles. The van der Waals surface area contributed by atoms with E-state index < -0.39 is 6.03 Å². The van der Waals surface area contributed by atoms with Crippen molar-refractivity contribution in [2.45, 2.75) is 6.42 Å². The number of urea groups is 1. The van der Waals surface area contributed by atoms with E-state index in [0.29, 0.717) is 12.1 Å². The molecule has 0 aromatic carbocycles. The molecular weight excluding hydrogens is 120 g/mol. The van der Waals surface area contributed by atoms with Gasteiger partial charge in [0.2, 0.25) is 0 Å². The van der Waals surface area contributed by atoms with Crippen LogP contribution in [-0.4, -0.2) is 11.8 Å². The largest absolute Gasteiger partial charge is 0.351 e. The van der Waals surface area contributed by atoms with Gasteiger partial charge >= 0.3 is 6.03 Å². The van der Waals surface area contributed by atoms with Gasteiger partial charge in [-0.05, 0) is 0 Å². The van der Waals surface area contributed by atoms with E-state index in [1.54, 1.807) is 0 Å². The molecular formula is C5H6N2O2. The van der Waals surface area contributed by atoms with Crippen LogP contribution < -0.4 is 11.1 Å². The Hall–Kier alpha value is -1.32. The molecule has 0 aliphatic heterocycles. The zero-order valence-corrected chi connectivity index (χ0v) is 4.68. The molecule has 1 rings (SSSR count). The van der Waals surface area contributed by atoms with Gasteiger partial charge in [0.05, 0.1) is 6.42 Å². The molecule has 0 spiro atoms. The summed E-state index contributed by atoms with van der Waals surface area (Å²) in [7, 11) is 0. The van der Waals surface area contributed by atoms with Gasteiger partial charge in [-0.2, -0.15) is 0 Å². The van der Waals surface area contributed by atoms with Crippen LogP contribution in [0.1, 0.15) is 6.42 Å². The standard InChI is InChI=1S/C5H6N2O2/c6-5(9)7-3-1-4(8)2-3/h1H,2H2,(H3,6,7,9). The first kappa shape index (κ1) is 5.81. The SMILES string of the molecule is NC(=O)NC1=CC(=O)C1. The third-order valence-electron chi connectivity index (χ3n) is 0.984. The topological polar surface area (TPSA) is 72.2 Å². The molecule has 48 valence electrons. The van der Waals surface area contributed by atoms with E-state index in [1.165, 1.54) is 6.08 Å². The van der Waals surface area contributed by atoms with Crippen molar-refractivity contribution in [2.24, 2.45) is 5.73 Å². The van der Waals surface area contributed by atoms with E-state index in [9.17, 15) is 9.59 Å². The normalized spacial score (nSPS) is 16.0. The zero-order chi connectivity index (χ0) is 6.85. The lowest BCUT2D eigenvalue weighted by Crippen LogP contribution is -2.33.